The highest BCUT2D eigenvalue weighted by molar-refractivity contribution is 5.90. The maximum Gasteiger partial charge on any atom is 0.245 e. The molecule has 124 valence electrons. The largest absolute Gasteiger partial charge is 0.358 e. The van der Waals surface area contributed by atoms with Crippen LogP contribution in [-0.4, -0.2) is 49.2 Å². The first kappa shape index (κ1) is 15.7. The van der Waals surface area contributed by atoms with Gasteiger partial charge in [0.2, 0.25) is 5.91 Å². The van der Waals surface area contributed by atoms with Crippen molar-refractivity contribution in [3.05, 3.63) is 12.0 Å². The van der Waals surface area contributed by atoms with E-state index in [2.05, 4.69) is 27.3 Å². The first-order valence-electron chi connectivity index (χ1n) is 8.20. The molecule has 0 aromatic carbocycles. The van der Waals surface area contributed by atoms with Gasteiger partial charge >= 0.3 is 0 Å². The monoisotopic (exact) mass is 316 g/mol. The molecule has 23 heavy (non-hydrogen) atoms. The molecule has 1 N–H and O–H groups in total. The first-order chi connectivity index (χ1) is 11.0. The molecule has 1 aliphatic rings. The molecule has 0 bridgehead atoms. The van der Waals surface area contributed by atoms with Crippen LogP contribution in [0.2, 0.25) is 0 Å². The summed E-state index contributed by atoms with van der Waals surface area (Å²) in [6.07, 6.45) is 5.10. The lowest BCUT2D eigenvalue weighted by Crippen LogP contribution is -2.48. The number of hydrogen-bond acceptors (Lipinski definition) is 5. The van der Waals surface area contributed by atoms with E-state index < -0.39 is 0 Å². The van der Waals surface area contributed by atoms with Gasteiger partial charge in [-0.05, 0) is 40.0 Å². The SMILES string of the molecule is Cc1nc(N[C@H](C)C(=O)N2CCCC[C@@H]2C)c2cnn(C)c2n1. The van der Waals surface area contributed by atoms with Crippen LogP contribution in [0.4, 0.5) is 5.82 Å². The van der Waals surface area contributed by atoms with Gasteiger partial charge in [-0.25, -0.2) is 9.97 Å². The smallest absolute Gasteiger partial charge is 0.245 e. The highest BCUT2D eigenvalue weighted by Crippen LogP contribution is 2.22. The number of carbonyl (C=O) groups excluding carboxylic acids is 1. The number of piperidine rings is 1. The van der Waals surface area contributed by atoms with Crippen LogP contribution in [0.3, 0.4) is 0 Å². The van der Waals surface area contributed by atoms with Crippen LogP contribution in [0.5, 0.6) is 0 Å². The average molecular weight is 316 g/mol. The van der Waals surface area contributed by atoms with Crippen LogP contribution < -0.4 is 5.32 Å². The Morgan fingerprint density at radius 2 is 2.17 bits per heavy atom. The van der Waals surface area contributed by atoms with Gasteiger partial charge in [-0.3, -0.25) is 9.48 Å². The number of nitrogens with zero attached hydrogens (tertiary/aromatic N) is 5. The Bertz CT molecular complexity index is 725. The predicted octanol–water partition coefficient (Wildman–Crippen LogP) is 1.87. The van der Waals surface area contributed by atoms with Gasteiger partial charge in [0.1, 0.15) is 17.7 Å². The molecule has 0 radical (unpaired) electrons. The van der Waals surface area contributed by atoms with Crippen molar-refractivity contribution in [2.75, 3.05) is 11.9 Å². The molecular weight excluding hydrogens is 292 g/mol. The molecule has 7 nitrogen and oxygen atoms in total. The Kier molecular flexibility index (Phi) is 4.19. The van der Waals surface area contributed by atoms with E-state index in [0.717, 1.165) is 30.4 Å². The molecular formula is C16H24N6O. The van der Waals surface area contributed by atoms with Crippen LogP contribution in [0.15, 0.2) is 6.20 Å². The van der Waals surface area contributed by atoms with E-state index in [-0.39, 0.29) is 11.9 Å². The summed E-state index contributed by atoms with van der Waals surface area (Å²) in [5, 5.41) is 8.33. The zero-order chi connectivity index (χ0) is 16.6. The second-order valence-corrected chi connectivity index (χ2v) is 6.37. The number of nitrogens with one attached hydrogen (secondary N) is 1. The summed E-state index contributed by atoms with van der Waals surface area (Å²) in [5.74, 6) is 1.46. The Balaban J connectivity index is 1.82. The molecule has 3 heterocycles. The topological polar surface area (TPSA) is 75.9 Å². The molecule has 1 fully saturated rings. The van der Waals surface area contributed by atoms with Crippen molar-refractivity contribution < 1.29 is 4.79 Å². The van der Waals surface area contributed by atoms with Crippen molar-refractivity contribution in [3.63, 3.8) is 0 Å². The fourth-order valence-corrected chi connectivity index (χ4v) is 3.18. The zero-order valence-electron chi connectivity index (χ0n) is 14.2. The molecule has 1 amide bonds. The van der Waals surface area contributed by atoms with Crippen molar-refractivity contribution in [1.82, 2.24) is 24.6 Å². The Morgan fingerprint density at radius 1 is 1.39 bits per heavy atom. The van der Waals surface area contributed by atoms with Gasteiger partial charge < -0.3 is 10.2 Å². The van der Waals surface area contributed by atoms with Gasteiger partial charge in [-0.1, -0.05) is 0 Å². The van der Waals surface area contributed by atoms with Gasteiger partial charge in [0.05, 0.1) is 11.6 Å². The molecule has 2 aromatic rings. The number of anilines is 1. The van der Waals surface area contributed by atoms with Gasteiger partial charge in [0, 0.05) is 19.6 Å². The van der Waals surface area contributed by atoms with Crippen LogP contribution in [0.25, 0.3) is 11.0 Å². The second-order valence-electron chi connectivity index (χ2n) is 6.37. The minimum Gasteiger partial charge on any atom is -0.358 e. The number of aromatic nitrogens is 4. The predicted molar refractivity (Wildman–Crippen MR) is 89.2 cm³/mol. The number of fused-ring (bicyclic) bond motifs is 1. The van der Waals surface area contributed by atoms with Crippen LogP contribution >= 0.6 is 0 Å². The molecule has 0 unspecified atom stereocenters. The Hall–Kier alpha value is -2.18. The van der Waals surface area contributed by atoms with E-state index in [0.29, 0.717) is 17.7 Å². The minimum absolute atomic E-state index is 0.130. The quantitative estimate of drug-likeness (QED) is 0.935. The van der Waals surface area contributed by atoms with Crippen LogP contribution in [-0.2, 0) is 11.8 Å². The lowest BCUT2D eigenvalue weighted by Gasteiger charge is -2.35. The standard InChI is InChI=1S/C16H24N6O/c1-10-7-5-6-8-22(10)16(23)11(2)18-14-13-9-17-21(4)15(13)20-12(3)19-14/h9-11H,5-8H2,1-4H3,(H,18,19,20)/t10-,11+/m0/s1. The van der Waals surface area contributed by atoms with E-state index in [1.807, 2.05) is 25.8 Å². The van der Waals surface area contributed by atoms with Gasteiger partial charge in [0.15, 0.2) is 5.65 Å². The van der Waals surface area contributed by atoms with Gasteiger partial charge in [0.25, 0.3) is 0 Å². The summed E-state index contributed by atoms with van der Waals surface area (Å²) in [6, 6.07) is -0.0145. The number of rotatable bonds is 3. The van der Waals surface area contributed by atoms with E-state index in [9.17, 15) is 4.79 Å². The Labute approximate surface area is 136 Å². The van der Waals surface area contributed by atoms with Crippen molar-refractivity contribution in [1.29, 1.82) is 0 Å². The zero-order valence-corrected chi connectivity index (χ0v) is 14.2. The molecule has 0 saturated carbocycles. The second kappa shape index (κ2) is 6.14. The number of hydrogen-bond donors (Lipinski definition) is 1. The Morgan fingerprint density at radius 3 is 2.91 bits per heavy atom. The number of aryl methyl sites for hydroxylation is 2. The lowest BCUT2D eigenvalue weighted by atomic mass is 10.0. The number of likely N-dealkylation sites (tertiary alicyclic amines) is 1. The molecule has 1 aliphatic heterocycles. The van der Waals surface area contributed by atoms with Crippen molar-refractivity contribution in [2.45, 2.75) is 52.1 Å². The molecule has 3 rings (SSSR count). The average Bonchev–Trinajstić information content (AvgIpc) is 2.88. The van der Waals surface area contributed by atoms with Gasteiger partial charge in [-0.2, -0.15) is 5.10 Å². The fraction of sp³-hybridized carbons (Fsp3) is 0.625. The fourth-order valence-electron chi connectivity index (χ4n) is 3.18. The summed E-state index contributed by atoms with van der Waals surface area (Å²) in [5.41, 5.74) is 0.769. The summed E-state index contributed by atoms with van der Waals surface area (Å²) in [4.78, 5) is 23.6. The summed E-state index contributed by atoms with van der Waals surface area (Å²) < 4.78 is 1.72. The third-order valence-electron chi connectivity index (χ3n) is 4.51. The van der Waals surface area contributed by atoms with Crippen LogP contribution in [0, 0.1) is 6.92 Å². The molecule has 1 saturated heterocycles. The van der Waals surface area contributed by atoms with Crippen LogP contribution in [0.1, 0.15) is 38.9 Å². The molecule has 0 spiro atoms. The number of amides is 1. The third kappa shape index (κ3) is 3.00. The van der Waals surface area contributed by atoms with E-state index in [4.69, 9.17) is 0 Å². The van der Waals surface area contributed by atoms with E-state index >= 15 is 0 Å². The van der Waals surface area contributed by atoms with E-state index in [1.165, 1.54) is 6.42 Å². The van der Waals surface area contributed by atoms with Crippen molar-refractivity contribution in [2.24, 2.45) is 7.05 Å². The molecule has 0 aliphatic carbocycles. The minimum atomic E-state index is -0.326. The number of carbonyl (C=O) groups is 1. The molecule has 2 aromatic heterocycles. The third-order valence-corrected chi connectivity index (χ3v) is 4.51. The highest BCUT2D eigenvalue weighted by Gasteiger charge is 2.27. The lowest BCUT2D eigenvalue weighted by molar-refractivity contribution is -0.134. The summed E-state index contributed by atoms with van der Waals surface area (Å²) in [7, 11) is 1.85. The molecule has 7 heteroatoms. The molecule has 2 atom stereocenters. The normalized spacial score (nSPS) is 19.8. The van der Waals surface area contributed by atoms with Gasteiger partial charge in [-0.15, -0.1) is 0 Å². The van der Waals surface area contributed by atoms with Crippen molar-refractivity contribution in [3.8, 4) is 0 Å². The van der Waals surface area contributed by atoms with E-state index in [1.54, 1.807) is 10.9 Å². The summed E-state index contributed by atoms with van der Waals surface area (Å²) in [6.45, 7) is 6.70. The highest BCUT2D eigenvalue weighted by atomic mass is 16.2. The maximum absolute atomic E-state index is 12.7. The maximum atomic E-state index is 12.7. The summed E-state index contributed by atoms with van der Waals surface area (Å²) >= 11 is 0. The first-order valence-corrected chi connectivity index (χ1v) is 8.20. The van der Waals surface area contributed by atoms with Crippen molar-refractivity contribution >= 4 is 22.8 Å².